The summed E-state index contributed by atoms with van der Waals surface area (Å²) in [6.45, 7) is -3.21. The first-order valence-electron chi connectivity index (χ1n) is 15.8. The molecule has 0 bridgehead atoms. The third kappa shape index (κ3) is 5.41. The number of hydrogen-bond donors (Lipinski definition) is 1. The Bertz CT molecular complexity index is 1660. The smallest absolute Gasteiger partial charge is 0.253 e. The lowest BCUT2D eigenvalue weighted by Crippen LogP contribution is -2.38. The highest BCUT2D eigenvalue weighted by atomic mass is 35.5. The first-order valence-corrected chi connectivity index (χ1v) is 12.6. The molecule has 192 valence electrons. The molecule has 1 saturated heterocycles. The molecule has 1 aliphatic carbocycles. The fourth-order valence-electron chi connectivity index (χ4n) is 5.42. The lowest BCUT2D eigenvalue weighted by atomic mass is 9.82. The molecule has 2 amide bonds. The minimum atomic E-state index is -3.33. The largest absolute Gasteiger partial charge is 0.383 e. The van der Waals surface area contributed by atoms with Gasteiger partial charge < -0.3 is 15.0 Å². The first kappa shape index (κ1) is 18.1. The van der Waals surface area contributed by atoms with Crippen molar-refractivity contribution in [3.05, 3.63) is 92.6 Å². The number of carbonyl (C=O) groups excluding carboxylic acids is 2. The van der Waals surface area contributed by atoms with Gasteiger partial charge in [-0.1, -0.05) is 29.8 Å². The maximum Gasteiger partial charge on any atom is 0.253 e. The average molecular weight is 525 g/mol. The maximum atomic E-state index is 13.3. The van der Waals surface area contributed by atoms with Crippen molar-refractivity contribution in [2.24, 2.45) is 16.8 Å². The van der Waals surface area contributed by atoms with Crippen molar-refractivity contribution in [3.63, 3.8) is 0 Å². The van der Waals surface area contributed by atoms with Gasteiger partial charge in [-0.3, -0.25) is 9.59 Å². The maximum absolute atomic E-state index is 13.3. The van der Waals surface area contributed by atoms with Gasteiger partial charge in [0, 0.05) is 53.6 Å². The third-order valence-corrected chi connectivity index (χ3v) is 7.39. The number of amides is 2. The van der Waals surface area contributed by atoms with Crippen LogP contribution in [0.1, 0.15) is 56.5 Å². The fraction of sp³-hybridized carbons (Fsp3) is 0.367. The Morgan fingerprint density at radius 1 is 1.19 bits per heavy atom. The van der Waals surface area contributed by atoms with Crippen LogP contribution in [0.2, 0.25) is 5.02 Å². The van der Waals surface area contributed by atoms with E-state index in [-0.39, 0.29) is 17.4 Å². The second-order valence-corrected chi connectivity index (χ2v) is 9.95. The Labute approximate surface area is 232 Å². The van der Waals surface area contributed by atoms with E-state index in [4.69, 9.17) is 26.2 Å². The summed E-state index contributed by atoms with van der Waals surface area (Å²) in [5, 5.41) is 3.61. The molecule has 5 rings (SSSR count). The molecule has 6 nitrogen and oxygen atoms in total. The second kappa shape index (κ2) is 11.0. The van der Waals surface area contributed by atoms with Crippen LogP contribution >= 0.6 is 11.6 Å². The van der Waals surface area contributed by atoms with Crippen molar-refractivity contribution in [1.29, 1.82) is 0 Å². The summed E-state index contributed by atoms with van der Waals surface area (Å²) in [4.78, 5) is 32.8. The van der Waals surface area contributed by atoms with E-state index in [1.54, 1.807) is 36.4 Å². The summed E-state index contributed by atoms with van der Waals surface area (Å²) in [6, 6.07) is 11.8. The number of rotatable bonds is 7. The van der Waals surface area contributed by atoms with E-state index in [1.807, 2.05) is 17.1 Å². The molecular weight excluding hydrogens is 486 g/mol. The van der Waals surface area contributed by atoms with Gasteiger partial charge in [0.05, 0.1) is 27.2 Å². The Balaban J connectivity index is 1.30. The van der Waals surface area contributed by atoms with Crippen molar-refractivity contribution in [1.82, 2.24) is 10.2 Å². The van der Waals surface area contributed by atoms with E-state index in [2.05, 4.69) is 16.9 Å². The molecule has 2 aromatic carbocycles. The highest BCUT2D eigenvalue weighted by Crippen LogP contribution is 2.35. The van der Waals surface area contributed by atoms with Crippen LogP contribution in [-0.4, -0.2) is 49.9 Å². The average Bonchev–Trinajstić information content (AvgIpc) is 3.31. The molecule has 0 spiro atoms. The molecule has 0 radical (unpaired) electrons. The Hall–Kier alpha value is -3.22. The van der Waals surface area contributed by atoms with Crippen molar-refractivity contribution in [2.45, 2.75) is 26.2 Å². The Morgan fingerprint density at radius 3 is 2.73 bits per heavy atom. The molecule has 2 aromatic rings. The predicted molar refractivity (Wildman–Crippen MR) is 145 cm³/mol. The van der Waals surface area contributed by atoms with E-state index in [0.717, 1.165) is 30.4 Å². The Morgan fingerprint density at radius 2 is 1.97 bits per heavy atom. The van der Waals surface area contributed by atoms with Crippen LogP contribution < -0.4 is 15.9 Å². The van der Waals surface area contributed by atoms with Crippen LogP contribution in [0.25, 0.3) is 5.57 Å². The molecule has 2 heterocycles. The van der Waals surface area contributed by atoms with Gasteiger partial charge >= 0.3 is 0 Å². The molecule has 7 heteroatoms. The molecule has 0 aromatic heterocycles. The fourth-order valence-corrected chi connectivity index (χ4v) is 5.54. The number of nitrogens with one attached hydrogen (secondary N) is 1. The van der Waals surface area contributed by atoms with Crippen LogP contribution in [0.4, 0.5) is 0 Å². The van der Waals surface area contributed by atoms with Crippen LogP contribution in [0.15, 0.2) is 70.9 Å². The number of likely N-dealkylation sites (tertiary alicyclic amines) is 1. The normalized spacial score (nSPS) is 22.9. The lowest BCUT2D eigenvalue weighted by molar-refractivity contribution is 0.0684. The molecule has 2 aliphatic heterocycles. The molecule has 1 fully saturated rings. The molecule has 1 atom stereocenters. The summed E-state index contributed by atoms with van der Waals surface area (Å²) >= 11 is 5.95. The van der Waals surface area contributed by atoms with Gasteiger partial charge in [0.15, 0.2) is 0 Å². The SMILES string of the molecule is [2H]C([2H])([2H])OC([2H])([2H])C([2H])([2H])NC(=O)c1cccc2c1=C1C(C)=CC(CC3CCN(C(=O)c4ccc(Cl)cc4)CC3)C=C1N=2. The van der Waals surface area contributed by atoms with Gasteiger partial charge in [-0.15, -0.1) is 0 Å². The molecule has 1 unspecified atom stereocenters. The van der Waals surface area contributed by atoms with Crippen LogP contribution in [0.3, 0.4) is 0 Å². The van der Waals surface area contributed by atoms with Gasteiger partial charge in [-0.2, -0.15) is 0 Å². The number of nitrogens with zero attached hydrogens (tertiary/aromatic N) is 2. The van der Waals surface area contributed by atoms with Crippen LogP contribution in [0.5, 0.6) is 0 Å². The van der Waals surface area contributed by atoms with Gasteiger partial charge in [0.2, 0.25) is 0 Å². The van der Waals surface area contributed by atoms with Gasteiger partial charge in [-0.05, 0) is 80.0 Å². The van der Waals surface area contributed by atoms with E-state index in [0.29, 0.717) is 45.9 Å². The molecule has 0 saturated carbocycles. The summed E-state index contributed by atoms with van der Waals surface area (Å²) in [7, 11) is -3.21. The Kier molecular flexibility index (Phi) is 5.40. The predicted octanol–water partition coefficient (Wildman–Crippen LogP) is 3.90. The van der Waals surface area contributed by atoms with Crippen LogP contribution in [-0.2, 0) is 4.74 Å². The quantitative estimate of drug-likeness (QED) is 0.597. The van der Waals surface area contributed by atoms with Gasteiger partial charge in [-0.25, -0.2) is 4.99 Å². The van der Waals surface area contributed by atoms with Crippen LogP contribution in [0, 0.1) is 11.8 Å². The van der Waals surface area contributed by atoms with Gasteiger partial charge in [0.25, 0.3) is 11.8 Å². The minimum absolute atomic E-state index is 0.00580. The molecular formula is C30H32ClN3O3. The van der Waals surface area contributed by atoms with Crippen molar-refractivity contribution >= 4 is 29.0 Å². The number of carbonyl (C=O) groups is 2. The van der Waals surface area contributed by atoms with Gasteiger partial charge in [0.1, 0.15) is 0 Å². The zero-order valence-corrected chi connectivity index (χ0v) is 21.1. The summed E-state index contributed by atoms with van der Waals surface area (Å²) < 4.78 is 57.5. The van der Waals surface area contributed by atoms with E-state index >= 15 is 0 Å². The van der Waals surface area contributed by atoms with E-state index in [9.17, 15) is 9.59 Å². The van der Waals surface area contributed by atoms with Crippen molar-refractivity contribution in [2.75, 3.05) is 33.2 Å². The number of hydrogen-bond acceptors (Lipinski definition) is 4. The number of methoxy groups -OCH3 is 1. The van der Waals surface area contributed by atoms with E-state index in [1.165, 1.54) is 6.07 Å². The number of halogens is 1. The third-order valence-electron chi connectivity index (χ3n) is 7.14. The minimum Gasteiger partial charge on any atom is -0.383 e. The topological polar surface area (TPSA) is 71.0 Å². The monoisotopic (exact) mass is 524 g/mol. The zero-order chi connectivity index (χ0) is 32.0. The number of piperidine rings is 1. The number of fused-ring (bicyclic) bond motifs is 2. The summed E-state index contributed by atoms with van der Waals surface area (Å²) in [5.74, 6) is -0.405. The van der Waals surface area contributed by atoms with Crippen molar-refractivity contribution < 1.29 is 23.9 Å². The second-order valence-electron chi connectivity index (χ2n) is 9.51. The van der Waals surface area contributed by atoms with E-state index < -0.39 is 26.0 Å². The number of ether oxygens (including phenoxy) is 1. The first-order chi connectivity index (χ1) is 20.5. The number of benzene rings is 2. The molecule has 37 heavy (non-hydrogen) atoms. The highest BCUT2D eigenvalue weighted by Gasteiger charge is 2.28. The van der Waals surface area contributed by atoms with Crippen molar-refractivity contribution in [3.8, 4) is 0 Å². The zero-order valence-electron chi connectivity index (χ0n) is 27.4. The highest BCUT2D eigenvalue weighted by molar-refractivity contribution is 6.30. The lowest BCUT2D eigenvalue weighted by Gasteiger charge is -2.33. The standard InChI is InChI=1S/C30H32ClN3O3/c1-19-16-21(17-20-10-13-34(14-11-20)30(36)22-6-8-23(31)9-7-22)18-26-27(19)28-24(4-3-5-25(28)33-26)29(35)32-12-15-37-2/h3-9,16,18,20-21H,10-15,17H2,1-2H3,(H,32,35)/i2D3,12D2,15D2. The summed E-state index contributed by atoms with van der Waals surface area (Å²) in [5.41, 5.74) is 3.08. The summed E-state index contributed by atoms with van der Waals surface area (Å²) in [6.07, 6.45) is 6.84. The number of allylic oxidation sites excluding steroid dienone is 3. The molecule has 3 aliphatic rings. The molecule has 1 N–H and O–H groups in total.